The van der Waals surface area contributed by atoms with Crippen molar-refractivity contribution >= 4 is 23.7 Å². The number of esters is 1. The maximum atomic E-state index is 14.6. The number of fused-ring (bicyclic) bond motifs is 2. The van der Waals surface area contributed by atoms with Crippen molar-refractivity contribution in [3.63, 3.8) is 0 Å². The van der Waals surface area contributed by atoms with E-state index in [4.69, 9.17) is 9.47 Å². The molecule has 0 unspecified atom stereocenters. The molecule has 3 amide bonds. The van der Waals surface area contributed by atoms with Crippen molar-refractivity contribution in [1.82, 2.24) is 15.1 Å². The number of nitrogens with one attached hydrogen (secondary N) is 1. The minimum atomic E-state index is -1.47. The van der Waals surface area contributed by atoms with Crippen LogP contribution >= 0.6 is 0 Å². The number of carbonyl (C=O) groups is 4. The maximum Gasteiger partial charge on any atom is 0.313 e. The van der Waals surface area contributed by atoms with Gasteiger partial charge in [-0.25, -0.2) is 0 Å². The molecule has 2 fully saturated rings. The summed E-state index contributed by atoms with van der Waals surface area (Å²) in [6, 6.07) is 16.5. The molecule has 242 valence electrons. The number of aliphatic hydroxyl groups is 1. The average molecular weight is 628 g/mol. The number of nitrogens with zero attached hydrogens (tertiary/aromatic N) is 2. The molecule has 46 heavy (non-hydrogen) atoms. The van der Waals surface area contributed by atoms with E-state index in [0.29, 0.717) is 24.9 Å². The number of carbonyl (C=O) groups excluding carboxylic acids is 4. The lowest BCUT2D eigenvalue weighted by molar-refractivity contribution is -0.162. The number of rotatable bonds is 6. The van der Waals surface area contributed by atoms with E-state index >= 15 is 0 Å². The summed E-state index contributed by atoms with van der Waals surface area (Å²) < 4.78 is 13.0. The second kappa shape index (κ2) is 13.2. The minimum absolute atomic E-state index is 0.176. The van der Waals surface area contributed by atoms with E-state index in [9.17, 15) is 24.3 Å². The molecule has 2 aromatic rings. The molecule has 0 saturated carbocycles. The number of ether oxygens (including phenoxy) is 2. The summed E-state index contributed by atoms with van der Waals surface area (Å²) in [5.74, 6) is -3.69. The molecule has 4 aliphatic heterocycles. The Labute approximate surface area is 269 Å². The second-order valence-electron chi connectivity index (χ2n) is 12.5. The van der Waals surface area contributed by atoms with Gasteiger partial charge in [0.1, 0.15) is 23.7 Å². The van der Waals surface area contributed by atoms with Crippen LogP contribution in [0.15, 0.2) is 85.0 Å². The first-order valence-corrected chi connectivity index (χ1v) is 16.1. The topological polar surface area (TPSA) is 125 Å². The van der Waals surface area contributed by atoms with E-state index in [2.05, 4.69) is 5.32 Å². The Balaban J connectivity index is 1.43. The summed E-state index contributed by atoms with van der Waals surface area (Å²) in [4.78, 5) is 59.4. The average Bonchev–Trinajstić information content (AvgIpc) is 3.45. The molecule has 0 aliphatic carbocycles. The summed E-state index contributed by atoms with van der Waals surface area (Å²) in [6.07, 6.45) is 6.45. The van der Waals surface area contributed by atoms with Crippen LogP contribution in [0.25, 0.3) is 0 Å². The summed E-state index contributed by atoms with van der Waals surface area (Å²) in [7, 11) is 0. The molecule has 0 radical (unpaired) electrons. The van der Waals surface area contributed by atoms with Crippen LogP contribution in [0.2, 0.25) is 0 Å². The van der Waals surface area contributed by atoms with Gasteiger partial charge in [-0.3, -0.25) is 19.2 Å². The Morgan fingerprint density at radius 3 is 2.41 bits per heavy atom. The highest BCUT2D eigenvalue weighted by Gasteiger charge is 2.72. The molecule has 4 heterocycles. The highest BCUT2D eigenvalue weighted by Crippen LogP contribution is 2.54. The first-order valence-electron chi connectivity index (χ1n) is 16.1. The Kier molecular flexibility index (Phi) is 9.11. The smallest absolute Gasteiger partial charge is 0.313 e. The SMILES string of the molecule is CC[C@@H](CO)N1C(=O)[C@H]2[C@@H]3C(=O)O[C@@H](c4ccccc4)[C@H](C)NC(=O)CC/C=C\[C@@H]3O[C@]23C=CCN(Cc2ccccc2)C(=O)[C@H]13. The fraction of sp³-hybridized carbons (Fsp3) is 0.444. The number of likely N-dealkylation sites (tertiary alicyclic amines) is 1. The van der Waals surface area contributed by atoms with E-state index in [1.807, 2.05) is 73.7 Å². The fourth-order valence-electron chi connectivity index (χ4n) is 7.44. The first-order chi connectivity index (χ1) is 22.3. The van der Waals surface area contributed by atoms with E-state index in [0.717, 1.165) is 5.56 Å². The molecule has 2 N–H and O–H groups in total. The summed E-state index contributed by atoms with van der Waals surface area (Å²) in [6.45, 7) is 3.91. The van der Waals surface area contributed by atoms with Gasteiger partial charge in [0.2, 0.25) is 17.7 Å². The highest BCUT2D eigenvalue weighted by atomic mass is 16.6. The number of allylic oxidation sites excluding steroid dienone is 1. The van der Waals surface area contributed by atoms with Gasteiger partial charge < -0.3 is 29.7 Å². The molecule has 4 aliphatic rings. The van der Waals surface area contributed by atoms with Gasteiger partial charge in [0, 0.05) is 19.5 Å². The quantitative estimate of drug-likeness (QED) is 0.373. The van der Waals surface area contributed by atoms with Gasteiger partial charge >= 0.3 is 5.97 Å². The molecular weight excluding hydrogens is 586 g/mol. The Bertz CT molecular complexity index is 1510. The lowest BCUT2D eigenvalue weighted by Crippen LogP contribution is -2.57. The number of benzene rings is 2. The van der Waals surface area contributed by atoms with Crippen LogP contribution < -0.4 is 5.32 Å². The Morgan fingerprint density at radius 2 is 1.72 bits per heavy atom. The summed E-state index contributed by atoms with van der Waals surface area (Å²) >= 11 is 0. The largest absolute Gasteiger partial charge is 0.455 e. The van der Waals surface area contributed by atoms with Crippen molar-refractivity contribution in [2.24, 2.45) is 11.8 Å². The molecule has 0 bridgehead atoms. The molecule has 8 atom stereocenters. The van der Waals surface area contributed by atoms with E-state index < -0.39 is 59.6 Å². The van der Waals surface area contributed by atoms with Crippen molar-refractivity contribution in [3.8, 4) is 0 Å². The third kappa shape index (κ3) is 5.64. The van der Waals surface area contributed by atoms with Gasteiger partial charge in [-0.2, -0.15) is 0 Å². The molecule has 1 spiro atoms. The second-order valence-corrected chi connectivity index (χ2v) is 12.5. The number of cyclic esters (lactones) is 1. The molecule has 10 nitrogen and oxygen atoms in total. The molecule has 2 aromatic carbocycles. The van der Waals surface area contributed by atoms with Crippen LogP contribution in [0.3, 0.4) is 0 Å². The normalized spacial score (nSPS) is 32.7. The predicted octanol–water partition coefficient (Wildman–Crippen LogP) is 3.08. The Morgan fingerprint density at radius 1 is 1.00 bits per heavy atom. The van der Waals surface area contributed by atoms with Gasteiger partial charge in [0.15, 0.2) is 0 Å². The number of hydrogen-bond acceptors (Lipinski definition) is 7. The monoisotopic (exact) mass is 627 g/mol. The van der Waals surface area contributed by atoms with Crippen LogP contribution in [0.1, 0.15) is 50.3 Å². The molecule has 2 saturated heterocycles. The maximum absolute atomic E-state index is 14.6. The Hall–Kier alpha value is -4.28. The molecule has 10 heteroatoms. The zero-order chi connectivity index (χ0) is 32.4. The highest BCUT2D eigenvalue weighted by molar-refractivity contribution is 5.99. The third-order valence-corrected chi connectivity index (χ3v) is 9.66. The van der Waals surface area contributed by atoms with Crippen LogP contribution in [0, 0.1) is 11.8 Å². The molecular formula is C36H41N3O7. The first kappa shape index (κ1) is 31.7. The lowest BCUT2D eigenvalue weighted by atomic mass is 9.77. The van der Waals surface area contributed by atoms with Crippen molar-refractivity contribution < 1.29 is 33.8 Å². The van der Waals surface area contributed by atoms with Gasteiger partial charge in [0.05, 0.1) is 30.7 Å². The van der Waals surface area contributed by atoms with Gasteiger partial charge in [0.25, 0.3) is 0 Å². The van der Waals surface area contributed by atoms with E-state index in [1.54, 1.807) is 30.1 Å². The van der Waals surface area contributed by atoms with Gasteiger partial charge in [-0.1, -0.05) is 91.9 Å². The number of aliphatic hydroxyl groups excluding tert-OH is 1. The summed E-state index contributed by atoms with van der Waals surface area (Å²) in [5.41, 5.74) is 0.167. The number of hydrogen-bond donors (Lipinski definition) is 2. The van der Waals surface area contributed by atoms with Gasteiger partial charge in [-0.05, 0) is 30.9 Å². The van der Waals surface area contributed by atoms with Crippen molar-refractivity contribution in [1.29, 1.82) is 0 Å². The molecule has 0 aromatic heterocycles. The molecule has 6 rings (SSSR count). The van der Waals surface area contributed by atoms with Crippen LogP contribution in [-0.4, -0.2) is 81.6 Å². The fourth-order valence-corrected chi connectivity index (χ4v) is 7.44. The van der Waals surface area contributed by atoms with Crippen molar-refractivity contribution in [3.05, 3.63) is 96.1 Å². The van der Waals surface area contributed by atoms with Gasteiger partial charge in [-0.15, -0.1) is 0 Å². The van der Waals surface area contributed by atoms with Crippen LogP contribution in [0.5, 0.6) is 0 Å². The van der Waals surface area contributed by atoms with Crippen molar-refractivity contribution in [2.45, 2.75) is 75.6 Å². The van der Waals surface area contributed by atoms with E-state index in [-0.39, 0.29) is 31.4 Å². The van der Waals surface area contributed by atoms with Crippen LogP contribution in [-0.2, 0) is 35.2 Å². The minimum Gasteiger partial charge on any atom is -0.455 e. The number of amides is 3. The van der Waals surface area contributed by atoms with Crippen LogP contribution in [0.4, 0.5) is 0 Å². The van der Waals surface area contributed by atoms with E-state index in [1.165, 1.54) is 4.90 Å². The third-order valence-electron chi connectivity index (χ3n) is 9.66. The zero-order valence-corrected chi connectivity index (χ0v) is 26.2. The predicted molar refractivity (Wildman–Crippen MR) is 169 cm³/mol. The van der Waals surface area contributed by atoms with Crippen molar-refractivity contribution in [2.75, 3.05) is 13.2 Å². The zero-order valence-electron chi connectivity index (χ0n) is 26.2. The standard InChI is InChI=1S/C36H41N3O7/c1-3-26(22-40)39-32-34(43)38(21-24-13-6-4-7-14-24)20-12-19-36(32)30(33(39)42)29-27(46-36)17-10-11-18-28(41)37-23(2)31(45-35(29)44)25-15-8-5-9-16-25/h4-10,12-17,19,23,26-27,29-32,40H,3,11,18,20-22H2,1-2H3,(H,37,41)/b17-10-/t23-,26-,27-,29+,30+,31+,32-,36+/m0/s1. The lowest BCUT2D eigenvalue weighted by Gasteiger charge is -2.38. The summed E-state index contributed by atoms with van der Waals surface area (Å²) in [5, 5.41) is 13.4.